The molecular formula is C34H41N7O6S. The fraction of sp³-hybridized carbons (Fsp3) is 0.500. The number of allylic oxidation sites excluding steroid dienone is 1. The maximum Gasteiger partial charge on any atom is 0.408 e. The predicted octanol–water partition coefficient (Wildman–Crippen LogP) is 4.58. The highest BCUT2D eigenvalue weighted by Gasteiger charge is 2.61. The maximum atomic E-state index is 14.2. The van der Waals surface area contributed by atoms with Crippen molar-refractivity contribution in [2.24, 2.45) is 5.92 Å². The maximum absolute atomic E-state index is 14.2. The molecule has 14 heteroatoms. The molecule has 3 aliphatic rings. The number of ether oxygens (including phenoxy) is 1. The molecule has 0 unspecified atom stereocenters. The molecule has 48 heavy (non-hydrogen) atoms. The minimum absolute atomic E-state index is 0.0718. The van der Waals surface area contributed by atoms with Crippen LogP contribution in [0.25, 0.3) is 21.1 Å². The van der Waals surface area contributed by atoms with Crippen LogP contribution >= 0.6 is 11.3 Å². The van der Waals surface area contributed by atoms with Crippen LogP contribution in [0.3, 0.4) is 0 Å². The van der Waals surface area contributed by atoms with Crippen molar-refractivity contribution in [1.29, 1.82) is 0 Å². The molecule has 1 aliphatic carbocycles. The Hall–Kier alpha value is -4.59. The first-order valence-corrected chi connectivity index (χ1v) is 17.2. The SMILES string of the molecule is CC(C)(C)OC(=O)N[C@H]1CCCCC/C=C\[C@H]2C[C@@]2(C(=O)O)NC(=O)[C@@H]2C[C@@H](n3nnc(-c4ccc(-c5ccccc5)s4)n3)CN2C1=O. The van der Waals surface area contributed by atoms with Gasteiger partial charge in [-0.2, -0.15) is 4.80 Å². The van der Waals surface area contributed by atoms with Gasteiger partial charge < -0.3 is 25.4 Å². The highest BCUT2D eigenvalue weighted by atomic mass is 32.1. The molecule has 0 radical (unpaired) electrons. The summed E-state index contributed by atoms with van der Waals surface area (Å²) in [7, 11) is 0. The van der Waals surface area contributed by atoms with E-state index in [1.54, 1.807) is 20.8 Å². The largest absolute Gasteiger partial charge is 0.479 e. The third-order valence-corrected chi connectivity index (χ3v) is 10.1. The number of nitrogens with one attached hydrogen (secondary N) is 2. The van der Waals surface area contributed by atoms with Crippen molar-refractivity contribution in [1.82, 2.24) is 35.7 Å². The van der Waals surface area contributed by atoms with Crippen molar-refractivity contribution in [3.63, 3.8) is 0 Å². The van der Waals surface area contributed by atoms with E-state index in [4.69, 9.17) is 4.74 Å². The molecular weight excluding hydrogens is 634 g/mol. The standard InChI is InChI=1S/C34H41N7O6S/c1-33(2,3)47-32(46)35-24-15-11-6-4-5-10-14-22-19-34(22,31(44)45)36-29(42)25-18-23(20-40(25)30(24)43)41-38-28(37-39-41)27-17-16-26(48-27)21-12-8-7-9-13-21/h7-10,12-14,16-17,22-25H,4-6,11,15,18-20H2,1-3H3,(H,35,46)(H,36,42)(H,44,45)/b14-10-/t22-,23+,24-,25-,34+/m0/s1. The third kappa shape index (κ3) is 7.28. The number of fused-ring (bicyclic) bond motifs is 2. The Morgan fingerprint density at radius 3 is 2.60 bits per heavy atom. The van der Waals surface area contributed by atoms with Crippen LogP contribution in [0.15, 0.2) is 54.6 Å². The molecule has 2 fully saturated rings. The molecule has 3 amide bonds. The zero-order valence-corrected chi connectivity index (χ0v) is 28.1. The van der Waals surface area contributed by atoms with Crippen molar-refractivity contribution in [2.75, 3.05) is 6.54 Å². The van der Waals surface area contributed by atoms with Crippen LogP contribution in [0.2, 0.25) is 0 Å². The molecule has 3 aromatic rings. The van der Waals surface area contributed by atoms with Crippen LogP contribution in [0.1, 0.15) is 71.8 Å². The second-order valence-corrected chi connectivity index (χ2v) is 14.8. The van der Waals surface area contributed by atoms with E-state index < -0.39 is 53.1 Å². The van der Waals surface area contributed by atoms with Gasteiger partial charge in [-0.3, -0.25) is 9.59 Å². The molecule has 4 heterocycles. The minimum Gasteiger partial charge on any atom is -0.479 e. The van der Waals surface area contributed by atoms with Crippen molar-refractivity contribution in [2.45, 2.75) is 95.0 Å². The Bertz CT molecular complexity index is 1700. The number of aromatic nitrogens is 4. The number of carboxylic acids is 1. The van der Waals surface area contributed by atoms with Gasteiger partial charge in [-0.25, -0.2) is 9.59 Å². The second-order valence-electron chi connectivity index (χ2n) is 13.7. The third-order valence-electron chi connectivity index (χ3n) is 8.97. The number of carbonyl (C=O) groups excluding carboxylic acids is 3. The number of carbonyl (C=O) groups is 4. The summed E-state index contributed by atoms with van der Waals surface area (Å²) in [5, 5.41) is 28.9. The quantitative estimate of drug-likeness (QED) is 0.328. The zero-order chi connectivity index (χ0) is 34.1. The number of tetrazole rings is 1. The summed E-state index contributed by atoms with van der Waals surface area (Å²) < 4.78 is 5.47. The lowest BCUT2D eigenvalue weighted by molar-refractivity contribution is -0.145. The number of nitrogens with zero attached hydrogens (tertiary/aromatic N) is 5. The Kier molecular flexibility index (Phi) is 9.37. The van der Waals surface area contributed by atoms with Crippen molar-refractivity contribution < 1.29 is 29.0 Å². The van der Waals surface area contributed by atoms with Crippen molar-refractivity contribution >= 4 is 35.2 Å². The summed E-state index contributed by atoms with van der Waals surface area (Å²) >= 11 is 1.53. The van der Waals surface area contributed by atoms with Gasteiger partial charge in [0.15, 0.2) is 0 Å². The molecule has 0 spiro atoms. The number of hydrogen-bond acceptors (Lipinski definition) is 9. The molecule has 6 rings (SSSR count). The van der Waals surface area contributed by atoms with Crippen LogP contribution in [-0.4, -0.2) is 83.9 Å². The number of alkyl carbamates (subject to hydrolysis) is 1. The molecule has 5 atom stereocenters. The van der Waals surface area contributed by atoms with Crippen LogP contribution in [0, 0.1) is 5.92 Å². The molecule has 0 bridgehead atoms. The molecule has 2 aromatic heterocycles. The first-order chi connectivity index (χ1) is 22.9. The van der Waals surface area contributed by atoms with Gasteiger partial charge in [0.25, 0.3) is 0 Å². The van der Waals surface area contributed by atoms with Crippen molar-refractivity contribution in [3.8, 4) is 21.1 Å². The molecule has 254 valence electrons. The first-order valence-electron chi connectivity index (χ1n) is 16.4. The molecule has 13 nitrogen and oxygen atoms in total. The lowest BCUT2D eigenvalue weighted by atomic mass is 10.0. The van der Waals surface area contributed by atoms with Crippen LogP contribution < -0.4 is 10.6 Å². The second kappa shape index (κ2) is 13.5. The molecule has 2 aliphatic heterocycles. The number of hydrogen-bond donors (Lipinski definition) is 3. The summed E-state index contributed by atoms with van der Waals surface area (Å²) in [6, 6.07) is 11.4. The van der Waals surface area contributed by atoms with E-state index in [9.17, 15) is 24.3 Å². The Morgan fingerprint density at radius 2 is 1.85 bits per heavy atom. The monoisotopic (exact) mass is 675 g/mol. The van der Waals surface area contributed by atoms with Crippen LogP contribution in [0.5, 0.6) is 0 Å². The van der Waals surface area contributed by atoms with Crippen molar-refractivity contribution in [3.05, 3.63) is 54.6 Å². The number of rotatable bonds is 5. The molecule has 1 aromatic carbocycles. The number of amides is 3. The smallest absolute Gasteiger partial charge is 0.408 e. The van der Waals surface area contributed by atoms with Gasteiger partial charge in [0.05, 0.1) is 10.9 Å². The van der Waals surface area contributed by atoms with Crippen LogP contribution in [-0.2, 0) is 19.1 Å². The van der Waals surface area contributed by atoms with Gasteiger partial charge in [-0.05, 0) is 69.4 Å². The van der Waals surface area contributed by atoms with Gasteiger partial charge in [-0.15, -0.1) is 21.5 Å². The average molecular weight is 676 g/mol. The molecule has 3 N–H and O–H groups in total. The zero-order valence-electron chi connectivity index (χ0n) is 27.3. The van der Waals surface area contributed by atoms with E-state index in [1.165, 1.54) is 21.0 Å². The fourth-order valence-corrected chi connectivity index (χ4v) is 7.33. The van der Waals surface area contributed by atoms with E-state index in [2.05, 4.69) is 26.0 Å². The Labute approximate surface area is 282 Å². The summed E-state index contributed by atoms with van der Waals surface area (Å²) in [6.45, 7) is 5.30. The van der Waals surface area contributed by atoms with Gasteiger partial charge in [0.1, 0.15) is 23.2 Å². The number of aliphatic carboxylic acids is 1. The van der Waals surface area contributed by atoms with Gasteiger partial charge >= 0.3 is 12.1 Å². The highest BCUT2D eigenvalue weighted by molar-refractivity contribution is 7.18. The molecule has 1 saturated heterocycles. The van der Waals surface area contributed by atoms with Crippen LogP contribution in [0.4, 0.5) is 4.79 Å². The Balaban J connectivity index is 1.27. The van der Waals surface area contributed by atoms with Gasteiger partial charge in [-0.1, -0.05) is 55.3 Å². The summed E-state index contributed by atoms with van der Waals surface area (Å²) in [5.74, 6) is -2.04. The predicted molar refractivity (Wildman–Crippen MR) is 178 cm³/mol. The highest BCUT2D eigenvalue weighted by Crippen LogP contribution is 2.45. The van der Waals surface area contributed by atoms with E-state index in [0.717, 1.165) is 34.6 Å². The lowest BCUT2D eigenvalue weighted by Gasteiger charge is -2.30. The number of thiophene rings is 1. The van der Waals surface area contributed by atoms with Gasteiger partial charge in [0.2, 0.25) is 17.6 Å². The fourth-order valence-electron chi connectivity index (χ4n) is 6.39. The minimum atomic E-state index is -1.43. The summed E-state index contributed by atoms with van der Waals surface area (Å²) in [6.07, 6.45) is 6.94. The average Bonchev–Trinajstić information content (AvgIpc) is 3.49. The number of carboxylic acid groups (broad SMARTS) is 1. The molecule has 1 saturated carbocycles. The first kappa shape index (κ1) is 33.3. The van der Waals surface area contributed by atoms with E-state index in [-0.39, 0.29) is 25.3 Å². The number of benzene rings is 1. The summed E-state index contributed by atoms with van der Waals surface area (Å²) in [5.41, 5.74) is -1.12. The van der Waals surface area contributed by atoms with E-state index in [1.807, 2.05) is 54.6 Å². The van der Waals surface area contributed by atoms with E-state index in [0.29, 0.717) is 18.7 Å². The Morgan fingerprint density at radius 1 is 1.08 bits per heavy atom. The normalized spacial score (nSPS) is 27.1. The van der Waals surface area contributed by atoms with Gasteiger partial charge in [0, 0.05) is 23.8 Å². The topological polar surface area (TPSA) is 169 Å². The van der Waals surface area contributed by atoms with E-state index >= 15 is 0 Å². The lowest BCUT2D eigenvalue weighted by Crippen LogP contribution is -2.56. The summed E-state index contributed by atoms with van der Waals surface area (Å²) in [4.78, 5) is 58.1.